The van der Waals surface area contributed by atoms with Gasteiger partial charge in [-0.25, -0.2) is 13.1 Å². The van der Waals surface area contributed by atoms with E-state index in [1.807, 2.05) is 12.1 Å². The number of hydrogen-bond acceptors (Lipinski definition) is 5. The van der Waals surface area contributed by atoms with Crippen molar-refractivity contribution in [1.29, 1.82) is 0 Å². The summed E-state index contributed by atoms with van der Waals surface area (Å²) in [6.07, 6.45) is 8.16. The van der Waals surface area contributed by atoms with E-state index in [1.54, 1.807) is 31.4 Å². The largest absolute Gasteiger partial charge is 0.507 e. The summed E-state index contributed by atoms with van der Waals surface area (Å²) in [7, 11) is -2.09. The van der Waals surface area contributed by atoms with Crippen molar-refractivity contribution in [2.75, 3.05) is 20.2 Å². The van der Waals surface area contributed by atoms with Crippen LogP contribution in [0.25, 0.3) is 0 Å². The molecule has 0 atom stereocenters. The molecule has 1 heterocycles. The Morgan fingerprint density at radius 2 is 1.69 bits per heavy atom. The van der Waals surface area contributed by atoms with Gasteiger partial charge < -0.3 is 9.84 Å². The van der Waals surface area contributed by atoms with Gasteiger partial charge in [-0.3, -0.25) is 4.90 Å². The number of likely N-dealkylation sites (tertiary alicyclic amines) is 1. The summed E-state index contributed by atoms with van der Waals surface area (Å²) < 4.78 is 33.4. The Hall–Kier alpha value is -2.09. The number of ether oxygens (including phenoxy) is 1. The maximum atomic E-state index is 12.8. The van der Waals surface area contributed by atoms with Crippen molar-refractivity contribution in [3.63, 3.8) is 0 Å². The molecule has 0 spiro atoms. The third-order valence-corrected chi connectivity index (χ3v) is 8.16. The summed E-state index contributed by atoms with van der Waals surface area (Å²) in [6.45, 7) is 3.00. The van der Waals surface area contributed by atoms with Gasteiger partial charge in [-0.2, -0.15) is 0 Å². The van der Waals surface area contributed by atoms with Gasteiger partial charge in [0.1, 0.15) is 11.5 Å². The zero-order valence-electron chi connectivity index (χ0n) is 18.8. The molecule has 0 radical (unpaired) electrons. The van der Waals surface area contributed by atoms with Gasteiger partial charge in [0.05, 0.1) is 12.0 Å². The van der Waals surface area contributed by atoms with Gasteiger partial charge in [0, 0.05) is 18.7 Å². The maximum absolute atomic E-state index is 12.8. The van der Waals surface area contributed by atoms with E-state index in [2.05, 4.69) is 9.62 Å². The van der Waals surface area contributed by atoms with Crippen molar-refractivity contribution in [3.05, 3.63) is 53.1 Å². The molecule has 0 unspecified atom stereocenters. The number of aromatic hydroxyl groups is 1. The normalized spacial score (nSPS) is 17.8. The minimum Gasteiger partial charge on any atom is -0.507 e. The summed E-state index contributed by atoms with van der Waals surface area (Å²) in [5, 5.41) is 11.0. The second-order valence-electron chi connectivity index (χ2n) is 9.10. The fraction of sp³-hybridized carbons (Fsp3) is 0.520. The van der Waals surface area contributed by atoms with E-state index in [0.29, 0.717) is 24.0 Å². The van der Waals surface area contributed by atoms with Crippen LogP contribution in [0.3, 0.4) is 0 Å². The molecule has 1 aliphatic carbocycles. The fourth-order valence-electron chi connectivity index (χ4n) is 4.93. The average Bonchev–Trinajstić information content (AvgIpc) is 3.50. The summed E-state index contributed by atoms with van der Waals surface area (Å²) in [5.74, 6) is 1.61. The average molecular weight is 459 g/mol. The highest BCUT2D eigenvalue weighted by Gasteiger charge is 2.21. The standard InChI is InChI=1S/C25H34N2O4S/c1-31-23-8-10-24(11-9-23)32(29,30)26-17-20-15-21(14-19-6-2-3-7-19)25(28)22(16-20)18-27-12-4-5-13-27/h8-11,15-16,19,26,28H,2-7,12-14,17-18H2,1H3. The van der Waals surface area contributed by atoms with Crippen LogP contribution in [0.5, 0.6) is 11.5 Å². The highest BCUT2D eigenvalue weighted by Crippen LogP contribution is 2.34. The second-order valence-corrected chi connectivity index (χ2v) is 10.9. The van der Waals surface area contributed by atoms with Crippen molar-refractivity contribution in [2.24, 2.45) is 5.92 Å². The monoisotopic (exact) mass is 458 g/mol. The highest BCUT2D eigenvalue weighted by atomic mass is 32.2. The molecule has 6 nitrogen and oxygen atoms in total. The predicted octanol–water partition coefficient (Wildman–Crippen LogP) is 4.21. The van der Waals surface area contributed by atoms with Gasteiger partial charge in [-0.05, 0) is 79.7 Å². The van der Waals surface area contributed by atoms with Crippen LogP contribution in [-0.2, 0) is 29.5 Å². The first-order chi connectivity index (χ1) is 15.4. The van der Waals surface area contributed by atoms with E-state index in [1.165, 1.54) is 38.5 Å². The zero-order chi connectivity index (χ0) is 22.6. The topological polar surface area (TPSA) is 78.9 Å². The van der Waals surface area contributed by atoms with Gasteiger partial charge >= 0.3 is 0 Å². The summed E-state index contributed by atoms with van der Waals surface area (Å²) >= 11 is 0. The number of phenolic OH excluding ortho intramolecular Hbond substituents is 1. The third kappa shape index (κ3) is 5.63. The van der Waals surface area contributed by atoms with Crippen molar-refractivity contribution in [1.82, 2.24) is 9.62 Å². The molecule has 2 aliphatic rings. The van der Waals surface area contributed by atoms with Crippen molar-refractivity contribution in [3.8, 4) is 11.5 Å². The Kier molecular flexibility index (Phi) is 7.38. The highest BCUT2D eigenvalue weighted by molar-refractivity contribution is 7.89. The molecule has 1 saturated carbocycles. The van der Waals surface area contributed by atoms with E-state index in [9.17, 15) is 13.5 Å². The fourth-order valence-corrected chi connectivity index (χ4v) is 5.95. The van der Waals surface area contributed by atoms with Crippen molar-refractivity contribution in [2.45, 2.75) is 62.9 Å². The van der Waals surface area contributed by atoms with Gasteiger partial charge in [0.15, 0.2) is 0 Å². The van der Waals surface area contributed by atoms with Crippen LogP contribution in [0.1, 0.15) is 55.2 Å². The minimum absolute atomic E-state index is 0.194. The molecule has 0 bridgehead atoms. The molecule has 32 heavy (non-hydrogen) atoms. The molecular weight excluding hydrogens is 424 g/mol. The van der Waals surface area contributed by atoms with Gasteiger partial charge in [-0.15, -0.1) is 0 Å². The number of benzene rings is 2. The summed E-state index contributed by atoms with van der Waals surface area (Å²) in [5.41, 5.74) is 2.75. The van der Waals surface area contributed by atoms with Crippen LogP contribution in [0, 0.1) is 5.92 Å². The van der Waals surface area contributed by atoms with Crippen molar-refractivity contribution >= 4 is 10.0 Å². The summed E-state index contributed by atoms with van der Waals surface area (Å²) in [6, 6.07) is 10.3. The quantitative estimate of drug-likeness (QED) is 0.589. The van der Waals surface area contributed by atoms with Crippen LogP contribution in [-0.4, -0.2) is 38.6 Å². The smallest absolute Gasteiger partial charge is 0.240 e. The lowest BCUT2D eigenvalue weighted by Crippen LogP contribution is -2.24. The zero-order valence-corrected chi connectivity index (χ0v) is 19.7. The molecule has 2 fully saturated rings. The number of nitrogens with zero attached hydrogens (tertiary/aromatic N) is 1. The molecule has 2 aromatic carbocycles. The molecular formula is C25H34N2O4S. The Balaban J connectivity index is 1.54. The van der Waals surface area contributed by atoms with E-state index < -0.39 is 10.0 Å². The molecule has 2 N–H and O–H groups in total. The van der Waals surface area contributed by atoms with Crippen LogP contribution in [0.15, 0.2) is 41.3 Å². The molecule has 1 saturated heterocycles. The van der Waals surface area contributed by atoms with Crippen molar-refractivity contribution < 1.29 is 18.3 Å². The summed E-state index contributed by atoms with van der Waals surface area (Å²) in [4.78, 5) is 2.57. The molecule has 1 aliphatic heterocycles. The molecule has 2 aromatic rings. The number of phenols is 1. The van der Waals surface area contributed by atoms with E-state index in [0.717, 1.165) is 36.2 Å². The van der Waals surface area contributed by atoms with E-state index in [4.69, 9.17) is 4.74 Å². The lowest BCUT2D eigenvalue weighted by atomic mass is 9.93. The van der Waals surface area contributed by atoms with Gasteiger partial charge in [0.25, 0.3) is 0 Å². The second kappa shape index (κ2) is 10.2. The third-order valence-electron chi connectivity index (χ3n) is 6.74. The SMILES string of the molecule is COc1ccc(S(=O)(=O)NCc2cc(CC3CCCC3)c(O)c(CN3CCCC3)c2)cc1. The molecule has 4 rings (SSSR count). The Morgan fingerprint density at radius 3 is 2.34 bits per heavy atom. The Morgan fingerprint density at radius 1 is 1.03 bits per heavy atom. The number of nitrogens with one attached hydrogen (secondary N) is 1. The van der Waals surface area contributed by atoms with Gasteiger partial charge in [-0.1, -0.05) is 31.7 Å². The molecule has 0 amide bonds. The lowest BCUT2D eigenvalue weighted by molar-refractivity contribution is 0.323. The van der Waals surface area contributed by atoms with E-state index in [-0.39, 0.29) is 11.4 Å². The van der Waals surface area contributed by atoms with Crippen LogP contribution in [0.2, 0.25) is 0 Å². The Bertz CT molecular complexity index is 970. The van der Waals surface area contributed by atoms with E-state index >= 15 is 0 Å². The van der Waals surface area contributed by atoms with Crippen LogP contribution >= 0.6 is 0 Å². The maximum Gasteiger partial charge on any atom is 0.240 e. The minimum atomic E-state index is -3.64. The number of methoxy groups -OCH3 is 1. The lowest BCUT2D eigenvalue weighted by Gasteiger charge is -2.20. The predicted molar refractivity (Wildman–Crippen MR) is 125 cm³/mol. The number of rotatable bonds is 9. The first kappa shape index (κ1) is 23.1. The first-order valence-corrected chi connectivity index (χ1v) is 13.1. The molecule has 7 heteroatoms. The van der Waals surface area contributed by atoms with Crippen LogP contribution in [0.4, 0.5) is 0 Å². The molecule has 174 valence electrons. The number of sulfonamides is 1. The van der Waals surface area contributed by atoms with Crippen LogP contribution < -0.4 is 9.46 Å². The Labute approximate surface area is 191 Å². The molecule has 0 aromatic heterocycles. The van der Waals surface area contributed by atoms with Gasteiger partial charge in [0.2, 0.25) is 10.0 Å². The first-order valence-electron chi connectivity index (χ1n) is 11.6. The number of hydrogen-bond donors (Lipinski definition) is 2.